The zero-order chi connectivity index (χ0) is 14.7. The molecule has 0 spiro atoms. The highest BCUT2D eigenvalue weighted by Gasteiger charge is 2.30. The summed E-state index contributed by atoms with van der Waals surface area (Å²) in [6.07, 6.45) is 0.618. The third kappa shape index (κ3) is 3.32. The Bertz CT molecular complexity index is 536. The zero-order valence-corrected chi connectivity index (χ0v) is 12.0. The molecule has 1 aliphatic heterocycles. The highest BCUT2D eigenvalue weighted by Crippen LogP contribution is 2.20. The summed E-state index contributed by atoms with van der Waals surface area (Å²) in [6.45, 7) is 2.61. The minimum absolute atomic E-state index is 0.0863. The fraction of sp³-hybridized carbons (Fsp3) is 0.429. The minimum atomic E-state index is -0.425. The first-order valence-electron chi connectivity index (χ1n) is 6.46. The van der Waals surface area contributed by atoms with Crippen LogP contribution in [0.15, 0.2) is 18.2 Å². The van der Waals surface area contributed by atoms with Crippen molar-refractivity contribution in [3.05, 3.63) is 35.1 Å². The summed E-state index contributed by atoms with van der Waals surface area (Å²) in [5.74, 6) is -0.687. The molecule has 1 aromatic rings. The van der Waals surface area contributed by atoms with Crippen LogP contribution in [0.25, 0.3) is 0 Å². The Morgan fingerprint density at radius 3 is 2.90 bits per heavy atom. The summed E-state index contributed by atoms with van der Waals surface area (Å²) < 4.78 is 19.2. The standard InChI is InChI=1S/C14H17FN2O2S/c1-8-11(4-5-19-8)14(18)17-7-10-3-2-9(13(16)20)6-12(10)15/h2-3,6,8,11H,4-5,7H2,1H3,(H2,16,20)(H,17,18). The van der Waals surface area contributed by atoms with Crippen molar-refractivity contribution in [1.29, 1.82) is 0 Å². The van der Waals surface area contributed by atoms with E-state index in [1.807, 2.05) is 6.92 Å². The number of nitrogens with one attached hydrogen (secondary N) is 1. The molecule has 0 saturated carbocycles. The van der Waals surface area contributed by atoms with Gasteiger partial charge in [0.1, 0.15) is 10.8 Å². The van der Waals surface area contributed by atoms with Gasteiger partial charge in [0.2, 0.25) is 5.91 Å². The van der Waals surface area contributed by atoms with Crippen molar-refractivity contribution >= 4 is 23.1 Å². The molecule has 20 heavy (non-hydrogen) atoms. The van der Waals surface area contributed by atoms with Crippen LogP contribution in [0.3, 0.4) is 0 Å². The monoisotopic (exact) mass is 296 g/mol. The van der Waals surface area contributed by atoms with Gasteiger partial charge < -0.3 is 15.8 Å². The van der Waals surface area contributed by atoms with Gasteiger partial charge in [0, 0.05) is 24.3 Å². The third-order valence-electron chi connectivity index (χ3n) is 3.50. The smallest absolute Gasteiger partial charge is 0.226 e. The lowest BCUT2D eigenvalue weighted by Crippen LogP contribution is -2.33. The third-order valence-corrected chi connectivity index (χ3v) is 3.74. The van der Waals surface area contributed by atoms with E-state index in [1.165, 1.54) is 6.07 Å². The van der Waals surface area contributed by atoms with Crippen molar-refractivity contribution in [3.8, 4) is 0 Å². The second kappa shape index (κ2) is 6.28. The molecule has 108 valence electrons. The van der Waals surface area contributed by atoms with Gasteiger partial charge in [-0.2, -0.15) is 0 Å². The van der Waals surface area contributed by atoms with Crippen LogP contribution in [-0.2, 0) is 16.1 Å². The Labute approximate surface area is 122 Å². The van der Waals surface area contributed by atoms with Crippen molar-refractivity contribution < 1.29 is 13.9 Å². The molecular weight excluding hydrogens is 279 g/mol. The summed E-state index contributed by atoms with van der Waals surface area (Å²) >= 11 is 4.78. The van der Waals surface area contributed by atoms with E-state index in [-0.39, 0.29) is 29.5 Å². The van der Waals surface area contributed by atoms with E-state index >= 15 is 0 Å². The van der Waals surface area contributed by atoms with Gasteiger partial charge in [0.05, 0.1) is 12.0 Å². The largest absolute Gasteiger partial charge is 0.389 e. The molecule has 0 bridgehead atoms. The number of nitrogens with two attached hydrogens (primary N) is 1. The van der Waals surface area contributed by atoms with Crippen LogP contribution in [0, 0.1) is 11.7 Å². The average Bonchev–Trinajstić information content (AvgIpc) is 2.83. The van der Waals surface area contributed by atoms with Crippen molar-refractivity contribution in [2.75, 3.05) is 6.61 Å². The number of halogens is 1. The number of hydrogen-bond acceptors (Lipinski definition) is 3. The molecule has 0 aliphatic carbocycles. The van der Waals surface area contributed by atoms with Crippen LogP contribution in [0.2, 0.25) is 0 Å². The highest BCUT2D eigenvalue weighted by atomic mass is 32.1. The molecule has 4 nitrogen and oxygen atoms in total. The lowest BCUT2D eigenvalue weighted by atomic mass is 10.0. The number of benzene rings is 1. The maximum Gasteiger partial charge on any atom is 0.226 e. The fourth-order valence-corrected chi connectivity index (χ4v) is 2.36. The molecule has 1 amide bonds. The lowest BCUT2D eigenvalue weighted by molar-refractivity contribution is -0.126. The molecule has 2 rings (SSSR count). The Kier molecular flexibility index (Phi) is 4.67. The number of hydrogen-bond donors (Lipinski definition) is 2. The number of thiocarbonyl (C=S) groups is 1. The van der Waals surface area contributed by atoms with E-state index in [1.54, 1.807) is 12.1 Å². The maximum atomic E-state index is 13.8. The number of rotatable bonds is 4. The van der Waals surface area contributed by atoms with Gasteiger partial charge in [-0.05, 0) is 19.4 Å². The molecule has 1 heterocycles. The normalized spacial score (nSPS) is 21.7. The fourth-order valence-electron chi connectivity index (χ4n) is 2.23. The Hall–Kier alpha value is -1.53. The molecule has 1 fully saturated rings. The van der Waals surface area contributed by atoms with Gasteiger partial charge in [-0.25, -0.2) is 4.39 Å². The Balaban J connectivity index is 1.97. The highest BCUT2D eigenvalue weighted by molar-refractivity contribution is 7.80. The molecule has 0 aromatic heterocycles. The quantitative estimate of drug-likeness (QED) is 0.827. The summed E-state index contributed by atoms with van der Waals surface area (Å²) in [6, 6.07) is 4.51. The summed E-state index contributed by atoms with van der Waals surface area (Å²) in [5.41, 5.74) is 6.32. The van der Waals surface area contributed by atoms with Crippen LogP contribution in [0.5, 0.6) is 0 Å². The number of carbonyl (C=O) groups is 1. The molecule has 1 aromatic carbocycles. The van der Waals surface area contributed by atoms with Gasteiger partial charge in [0.15, 0.2) is 0 Å². The molecule has 2 unspecified atom stereocenters. The maximum absolute atomic E-state index is 13.8. The summed E-state index contributed by atoms with van der Waals surface area (Å²) in [5, 5.41) is 2.74. The summed E-state index contributed by atoms with van der Waals surface area (Å²) in [7, 11) is 0. The molecular formula is C14H17FN2O2S. The second-order valence-electron chi connectivity index (χ2n) is 4.86. The number of amides is 1. The van der Waals surface area contributed by atoms with E-state index < -0.39 is 5.82 Å². The van der Waals surface area contributed by atoms with Gasteiger partial charge in [-0.3, -0.25) is 4.79 Å². The van der Waals surface area contributed by atoms with Gasteiger partial charge in [0.25, 0.3) is 0 Å². The first-order chi connectivity index (χ1) is 9.49. The predicted octanol–water partition coefficient (Wildman–Crippen LogP) is 1.50. The minimum Gasteiger partial charge on any atom is -0.389 e. The van der Waals surface area contributed by atoms with E-state index in [4.69, 9.17) is 22.7 Å². The van der Waals surface area contributed by atoms with Crippen molar-refractivity contribution in [1.82, 2.24) is 5.32 Å². The molecule has 2 atom stereocenters. The number of carbonyl (C=O) groups excluding carboxylic acids is 1. The Morgan fingerprint density at radius 2 is 2.35 bits per heavy atom. The first-order valence-corrected chi connectivity index (χ1v) is 6.87. The van der Waals surface area contributed by atoms with Crippen LogP contribution in [0.4, 0.5) is 4.39 Å². The SMILES string of the molecule is CC1OCCC1C(=O)NCc1ccc(C(N)=S)cc1F. The van der Waals surface area contributed by atoms with Gasteiger partial charge >= 0.3 is 0 Å². The van der Waals surface area contributed by atoms with Crippen molar-refractivity contribution in [2.24, 2.45) is 11.7 Å². The van der Waals surface area contributed by atoms with Gasteiger partial charge in [-0.15, -0.1) is 0 Å². The number of ether oxygens (including phenoxy) is 1. The first kappa shape index (κ1) is 14.9. The van der Waals surface area contributed by atoms with Crippen LogP contribution < -0.4 is 11.1 Å². The lowest BCUT2D eigenvalue weighted by Gasteiger charge is -2.14. The van der Waals surface area contributed by atoms with Crippen molar-refractivity contribution in [2.45, 2.75) is 26.0 Å². The molecule has 6 heteroatoms. The second-order valence-corrected chi connectivity index (χ2v) is 5.30. The van der Waals surface area contributed by atoms with Gasteiger partial charge in [-0.1, -0.05) is 24.4 Å². The molecule has 3 N–H and O–H groups in total. The van der Waals surface area contributed by atoms with E-state index in [0.29, 0.717) is 24.2 Å². The molecule has 0 radical (unpaired) electrons. The average molecular weight is 296 g/mol. The van der Waals surface area contributed by atoms with Crippen LogP contribution >= 0.6 is 12.2 Å². The van der Waals surface area contributed by atoms with E-state index in [0.717, 1.165) is 0 Å². The Morgan fingerprint density at radius 1 is 1.60 bits per heavy atom. The van der Waals surface area contributed by atoms with E-state index in [2.05, 4.69) is 5.32 Å². The van der Waals surface area contributed by atoms with Crippen molar-refractivity contribution in [3.63, 3.8) is 0 Å². The molecule has 1 saturated heterocycles. The summed E-state index contributed by atoms with van der Waals surface area (Å²) in [4.78, 5) is 12.1. The topological polar surface area (TPSA) is 64.3 Å². The van der Waals surface area contributed by atoms with Crippen LogP contribution in [-0.4, -0.2) is 23.6 Å². The van der Waals surface area contributed by atoms with Crippen LogP contribution in [0.1, 0.15) is 24.5 Å². The van der Waals surface area contributed by atoms with E-state index in [9.17, 15) is 9.18 Å². The molecule has 1 aliphatic rings. The zero-order valence-electron chi connectivity index (χ0n) is 11.2. The predicted molar refractivity (Wildman–Crippen MR) is 77.7 cm³/mol.